The summed E-state index contributed by atoms with van der Waals surface area (Å²) >= 11 is 5.92. The number of hydrogen-bond acceptors (Lipinski definition) is 4. The van der Waals surface area contributed by atoms with E-state index in [9.17, 15) is 18.7 Å². The third kappa shape index (κ3) is 3.69. The van der Waals surface area contributed by atoms with Gasteiger partial charge in [0, 0.05) is 24.4 Å². The van der Waals surface area contributed by atoms with Crippen LogP contribution in [0.5, 0.6) is 0 Å². The monoisotopic (exact) mass is 327 g/mol. The zero-order valence-corrected chi connectivity index (χ0v) is 11.9. The summed E-state index contributed by atoms with van der Waals surface area (Å²) in [4.78, 5) is 14.9. The van der Waals surface area contributed by atoms with Crippen molar-refractivity contribution in [3.05, 3.63) is 58.2 Å². The average molecular weight is 328 g/mol. The predicted molar refractivity (Wildman–Crippen MR) is 77.6 cm³/mol. The van der Waals surface area contributed by atoms with E-state index in [0.717, 1.165) is 12.1 Å². The topological polar surface area (TPSA) is 88.2 Å². The molecule has 116 valence electrons. The number of aliphatic hydroxyl groups is 1. The molecular formula is C14H12ClF2N3O2. The highest BCUT2D eigenvalue weighted by molar-refractivity contribution is 6.33. The van der Waals surface area contributed by atoms with Crippen LogP contribution >= 0.6 is 11.6 Å². The molecule has 22 heavy (non-hydrogen) atoms. The van der Waals surface area contributed by atoms with Gasteiger partial charge in [-0.05, 0) is 12.1 Å². The molecule has 0 aliphatic carbocycles. The van der Waals surface area contributed by atoms with Crippen molar-refractivity contribution in [1.82, 2.24) is 4.98 Å². The molecule has 0 aliphatic heterocycles. The number of carbonyl (C=O) groups is 1. The maximum absolute atomic E-state index is 13.5. The second-order valence-corrected chi connectivity index (χ2v) is 4.89. The lowest BCUT2D eigenvalue weighted by molar-refractivity contribution is 0.1000. The van der Waals surface area contributed by atoms with Gasteiger partial charge in [-0.3, -0.25) is 4.79 Å². The van der Waals surface area contributed by atoms with Crippen molar-refractivity contribution in [1.29, 1.82) is 0 Å². The number of primary amides is 1. The fourth-order valence-electron chi connectivity index (χ4n) is 1.78. The highest BCUT2D eigenvalue weighted by Gasteiger charge is 2.15. The Hall–Kier alpha value is -2.25. The number of halogens is 3. The number of aliphatic hydroxyl groups excluding tert-OH is 1. The van der Waals surface area contributed by atoms with E-state index in [2.05, 4.69) is 10.3 Å². The molecule has 0 radical (unpaired) electrons. The Morgan fingerprint density at radius 3 is 2.73 bits per heavy atom. The molecule has 1 aromatic heterocycles. The van der Waals surface area contributed by atoms with Crippen LogP contribution in [0.1, 0.15) is 22.0 Å². The van der Waals surface area contributed by atoms with Gasteiger partial charge in [0.2, 0.25) is 5.91 Å². The second kappa shape index (κ2) is 6.67. The summed E-state index contributed by atoms with van der Waals surface area (Å²) in [6.45, 7) is -0.106. The van der Waals surface area contributed by atoms with Gasteiger partial charge in [-0.25, -0.2) is 13.8 Å². The standard InChI is InChI=1S/C14H12ClF2N3O2/c15-10-3-7(13(18)22)5-19-14(10)20-6-12(21)9-2-1-8(16)4-11(9)17/h1-5,12,21H,6H2,(H2,18,22)(H,19,20)/t12-/m0/s1. The van der Waals surface area contributed by atoms with Crippen LogP contribution in [0.25, 0.3) is 0 Å². The molecule has 1 atom stereocenters. The van der Waals surface area contributed by atoms with E-state index in [1.807, 2.05) is 0 Å². The van der Waals surface area contributed by atoms with Gasteiger partial charge in [0.1, 0.15) is 17.5 Å². The summed E-state index contributed by atoms with van der Waals surface area (Å²) in [5, 5.41) is 12.8. The number of nitrogens with two attached hydrogens (primary N) is 1. The number of aromatic nitrogens is 1. The highest BCUT2D eigenvalue weighted by Crippen LogP contribution is 2.22. The van der Waals surface area contributed by atoms with Crippen LogP contribution in [0, 0.1) is 11.6 Å². The Bertz CT molecular complexity index is 712. The van der Waals surface area contributed by atoms with Gasteiger partial charge >= 0.3 is 0 Å². The van der Waals surface area contributed by atoms with E-state index < -0.39 is 23.6 Å². The van der Waals surface area contributed by atoms with Gasteiger partial charge in [-0.15, -0.1) is 0 Å². The van der Waals surface area contributed by atoms with E-state index in [0.29, 0.717) is 6.07 Å². The van der Waals surface area contributed by atoms with Crippen molar-refractivity contribution in [2.24, 2.45) is 5.73 Å². The van der Waals surface area contributed by atoms with Gasteiger partial charge in [0.25, 0.3) is 0 Å². The van der Waals surface area contributed by atoms with Crippen LogP contribution in [-0.2, 0) is 0 Å². The fraction of sp³-hybridized carbons (Fsp3) is 0.143. The lowest BCUT2D eigenvalue weighted by Crippen LogP contribution is -2.16. The van der Waals surface area contributed by atoms with E-state index >= 15 is 0 Å². The molecule has 0 bridgehead atoms. The normalized spacial score (nSPS) is 12.0. The summed E-state index contributed by atoms with van der Waals surface area (Å²) < 4.78 is 26.3. The third-order valence-electron chi connectivity index (χ3n) is 2.91. The summed E-state index contributed by atoms with van der Waals surface area (Å²) in [6.07, 6.45) is -0.00390. The number of benzene rings is 1. The zero-order valence-electron chi connectivity index (χ0n) is 11.2. The van der Waals surface area contributed by atoms with E-state index in [-0.39, 0.29) is 28.5 Å². The fourth-order valence-corrected chi connectivity index (χ4v) is 2.01. The second-order valence-electron chi connectivity index (χ2n) is 4.48. The van der Waals surface area contributed by atoms with E-state index in [1.165, 1.54) is 12.3 Å². The lowest BCUT2D eigenvalue weighted by atomic mass is 10.1. The SMILES string of the molecule is NC(=O)c1cnc(NC[C@H](O)c2ccc(F)cc2F)c(Cl)c1. The number of nitrogens with zero attached hydrogens (tertiary/aromatic N) is 1. The first-order valence-corrected chi connectivity index (χ1v) is 6.58. The zero-order chi connectivity index (χ0) is 16.3. The van der Waals surface area contributed by atoms with Crippen molar-refractivity contribution in [2.45, 2.75) is 6.10 Å². The van der Waals surface area contributed by atoms with Crippen molar-refractivity contribution >= 4 is 23.3 Å². The first-order chi connectivity index (χ1) is 10.4. The van der Waals surface area contributed by atoms with Crippen LogP contribution in [0.2, 0.25) is 5.02 Å². The minimum Gasteiger partial charge on any atom is -0.386 e. The molecule has 2 rings (SSSR count). The first-order valence-electron chi connectivity index (χ1n) is 6.20. The lowest BCUT2D eigenvalue weighted by Gasteiger charge is -2.14. The average Bonchev–Trinajstić information content (AvgIpc) is 2.45. The third-order valence-corrected chi connectivity index (χ3v) is 3.20. The van der Waals surface area contributed by atoms with Crippen LogP contribution in [0.3, 0.4) is 0 Å². The largest absolute Gasteiger partial charge is 0.386 e. The number of hydrogen-bond donors (Lipinski definition) is 3. The summed E-state index contributed by atoms with van der Waals surface area (Å²) in [5.41, 5.74) is 5.17. The minimum atomic E-state index is -1.23. The highest BCUT2D eigenvalue weighted by atomic mass is 35.5. The smallest absolute Gasteiger partial charge is 0.250 e. The van der Waals surface area contributed by atoms with Crippen LogP contribution in [0.15, 0.2) is 30.5 Å². The molecule has 0 fully saturated rings. The molecule has 0 aliphatic rings. The van der Waals surface area contributed by atoms with E-state index in [4.69, 9.17) is 17.3 Å². The number of rotatable bonds is 5. The Morgan fingerprint density at radius 1 is 1.41 bits per heavy atom. The first kappa shape index (κ1) is 16.1. The van der Waals surface area contributed by atoms with Crippen molar-refractivity contribution in [3.63, 3.8) is 0 Å². The summed E-state index contributed by atoms with van der Waals surface area (Å²) in [5.74, 6) is -2.05. The molecule has 1 heterocycles. The Morgan fingerprint density at radius 2 is 2.14 bits per heavy atom. The molecule has 0 spiro atoms. The number of amides is 1. The number of nitrogens with one attached hydrogen (secondary N) is 1. The summed E-state index contributed by atoms with van der Waals surface area (Å²) in [6, 6.07) is 4.21. The minimum absolute atomic E-state index is 0.0567. The number of anilines is 1. The van der Waals surface area contributed by atoms with Gasteiger partial charge in [0.05, 0.1) is 16.7 Å². The molecule has 2 aromatic rings. The molecule has 4 N–H and O–H groups in total. The van der Waals surface area contributed by atoms with Gasteiger partial charge in [-0.2, -0.15) is 0 Å². The van der Waals surface area contributed by atoms with Gasteiger partial charge in [0.15, 0.2) is 0 Å². The van der Waals surface area contributed by atoms with Gasteiger partial charge in [-0.1, -0.05) is 17.7 Å². The van der Waals surface area contributed by atoms with E-state index in [1.54, 1.807) is 0 Å². The van der Waals surface area contributed by atoms with Crippen LogP contribution in [0.4, 0.5) is 14.6 Å². The quantitative estimate of drug-likeness (QED) is 0.786. The Kier molecular flexibility index (Phi) is 4.89. The molecule has 0 saturated heterocycles. The van der Waals surface area contributed by atoms with Gasteiger partial charge < -0.3 is 16.2 Å². The predicted octanol–water partition coefficient (Wildman–Crippen LogP) is 2.26. The summed E-state index contributed by atoms with van der Waals surface area (Å²) in [7, 11) is 0. The van der Waals surface area contributed by atoms with Crippen LogP contribution < -0.4 is 11.1 Å². The maximum atomic E-state index is 13.5. The maximum Gasteiger partial charge on any atom is 0.250 e. The Balaban J connectivity index is 2.08. The molecule has 0 saturated carbocycles. The molecule has 1 amide bonds. The Labute approximate surface area is 129 Å². The molecule has 1 aromatic carbocycles. The number of pyridine rings is 1. The van der Waals surface area contributed by atoms with Crippen molar-refractivity contribution in [2.75, 3.05) is 11.9 Å². The molecule has 5 nitrogen and oxygen atoms in total. The molecule has 0 unspecified atom stereocenters. The van der Waals surface area contributed by atoms with Crippen molar-refractivity contribution < 1.29 is 18.7 Å². The van der Waals surface area contributed by atoms with Crippen LogP contribution in [-0.4, -0.2) is 22.5 Å². The molecule has 8 heteroatoms. The number of carbonyl (C=O) groups excluding carboxylic acids is 1. The van der Waals surface area contributed by atoms with Crippen molar-refractivity contribution in [3.8, 4) is 0 Å². The molecular weight excluding hydrogens is 316 g/mol.